The maximum Gasteiger partial charge on any atom is 0.0473 e. The molecule has 3 rings (SSSR count). The van der Waals surface area contributed by atoms with Crippen molar-refractivity contribution in [2.45, 2.75) is 60.3 Å². The summed E-state index contributed by atoms with van der Waals surface area (Å²) < 4.78 is 2.39. The Bertz CT molecular complexity index is 891. The van der Waals surface area contributed by atoms with Crippen molar-refractivity contribution in [3.63, 3.8) is 0 Å². The minimum Gasteiger partial charge on any atom is -0.346 e. The van der Waals surface area contributed by atoms with Crippen LogP contribution >= 0.6 is 0 Å². The summed E-state index contributed by atoms with van der Waals surface area (Å²) in [4.78, 5) is 2.61. The van der Waals surface area contributed by atoms with Gasteiger partial charge in [0, 0.05) is 37.6 Å². The largest absolute Gasteiger partial charge is 0.346 e. The molecular weight excluding hydrogens is 340 g/mol. The molecule has 2 aromatic carbocycles. The maximum atomic E-state index is 2.61. The predicted molar refractivity (Wildman–Crippen MR) is 119 cm³/mol. The van der Waals surface area contributed by atoms with E-state index >= 15 is 0 Å². The third-order valence-corrected chi connectivity index (χ3v) is 5.73. The first-order valence-corrected chi connectivity index (χ1v) is 10.4. The van der Waals surface area contributed by atoms with Gasteiger partial charge in [0.2, 0.25) is 0 Å². The molecule has 0 radical (unpaired) electrons. The molecule has 0 aliphatic heterocycles. The smallest absolute Gasteiger partial charge is 0.0473 e. The molecule has 0 amide bonds. The lowest BCUT2D eigenvalue weighted by atomic mass is 10.0. The van der Waals surface area contributed by atoms with Crippen LogP contribution in [0.3, 0.4) is 0 Å². The molecule has 0 aliphatic carbocycles. The maximum absolute atomic E-state index is 2.61. The molecule has 0 bridgehead atoms. The number of hydrogen-bond acceptors (Lipinski definition) is 1. The Balaban J connectivity index is 1.80. The highest BCUT2D eigenvalue weighted by Crippen LogP contribution is 2.20. The Kier molecular flexibility index (Phi) is 6.74. The van der Waals surface area contributed by atoms with Crippen molar-refractivity contribution >= 4 is 0 Å². The Hall–Kier alpha value is -2.32. The third kappa shape index (κ3) is 5.36. The molecule has 0 fully saturated rings. The van der Waals surface area contributed by atoms with Crippen LogP contribution in [0.25, 0.3) is 0 Å². The summed E-state index contributed by atoms with van der Waals surface area (Å²) in [5.41, 5.74) is 6.78. The van der Waals surface area contributed by atoms with E-state index in [0.29, 0.717) is 12.0 Å². The Morgan fingerprint density at radius 2 is 1.43 bits per heavy atom. The molecule has 1 atom stereocenters. The van der Waals surface area contributed by atoms with Crippen LogP contribution in [0, 0.1) is 19.8 Å². The first-order valence-electron chi connectivity index (χ1n) is 10.4. The van der Waals surface area contributed by atoms with E-state index in [1.165, 1.54) is 27.9 Å². The van der Waals surface area contributed by atoms with Gasteiger partial charge in [0.1, 0.15) is 0 Å². The Morgan fingerprint density at radius 1 is 0.786 bits per heavy atom. The van der Waals surface area contributed by atoms with Crippen LogP contribution in [0.5, 0.6) is 0 Å². The van der Waals surface area contributed by atoms with Crippen molar-refractivity contribution in [2.24, 2.45) is 5.92 Å². The molecule has 0 saturated carbocycles. The van der Waals surface area contributed by atoms with Crippen molar-refractivity contribution in [1.29, 1.82) is 0 Å². The van der Waals surface area contributed by atoms with Crippen LogP contribution in [0.4, 0.5) is 0 Å². The molecular formula is C26H34N2. The fraction of sp³-hybridized carbons (Fsp3) is 0.385. The summed E-state index contributed by atoms with van der Waals surface area (Å²) in [6, 6.07) is 22.7. The van der Waals surface area contributed by atoms with Gasteiger partial charge in [-0.15, -0.1) is 0 Å². The third-order valence-electron chi connectivity index (χ3n) is 5.73. The molecule has 2 heteroatoms. The van der Waals surface area contributed by atoms with Gasteiger partial charge in [-0.25, -0.2) is 0 Å². The fourth-order valence-corrected chi connectivity index (χ4v) is 3.77. The molecule has 148 valence electrons. The van der Waals surface area contributed by atoms with E-state index in [9.17, 15) is 0 Å². The number of rotatable bonds is 8. The summed E-state index contributed by atoms with van der Waals surface area (Å²) in [5, 5.41) is 0. The van der Waals surface area contributed by atoms with Crippen LogP contribution in [-0.2, 0) is 19.6 Å². The molecule has 2 nitrogen and oxygen atoms in total. The van der Waals surface area contributed by atoms with Crippen LogP contribution in [-0.4, -0.2) is 15.5 Å². The van der Waals surface area contributed by atoms with Crippen LogP contribution in [0.15, 0.2) is 66.9 Å². The van der Waals surface area contributed by atoms with E-state index in [0.717, 1.165) is 19.6 Å². The molecule has 0 aliphatic rings. The standard InChI is InChI=1S/C26H34N2/c1-20(2)23(5)28(18-25-12-7-10-22(4)16-25)19-26-13-8-14-27(26)17-24-11-6-9-21(3)15-24/h6-16,20,23H,17-19H2,1-5H3. The highest BCUT2D eigenvalue weighted by atomic mass is 15.2. The van der Waals surface area contributed by atoms with E-state index in [1.54, 1.807) is 0 Å². The predicted octanol–water partition coefficient (Wildman–Crippen LogP) is 6.20. The van der Waals surface area contributed by atoms with Gasteiger partial charge in [-0.05, 0) is 49.9 Å². The van der Waals surface area contributed by atoms with E-state index in [1.807, 2.05) is 0 Å². The van der Waals surface area contributed by atoms with Gasteiger partial charge in [0.15, 0.2) is 0 Å². The van der Waals surface area contributed by atoms with Gasteiger partial charge in [0.05, 0.1) is 0 Å². The topological polar surface area (TPSA) is 8.17 Å². The molecule has 1 unspecified atom stereocenters. The lowest BCUT2D eigenvalue weighted by molar-refractivity contribution is 0.148. The first kappa shape index (κ1) is 20.4. The molecule has 1 heterocycles. The van der Waals surface area contributed by atoms with E-state index < -0.39 is 0 Å². The molecule has 0 saturated heterocycles. The number of hydrogen-bond donors (Lipinski definition) is 0. The second kappa shape index (κ2) is 9.25. The first-order chi connectivity index (χ1) is 13.4. The minimum atomic E-state index is 0.517. The fourth-order valence-electron chi connectivity index (χ4n) is 3.77. The molecule has 3 aromatic rings. The lowest BCUT2D eigenvalue weighted by Gasteiger charge is -2.32. The van der Waals surface area contributed by atoms with E-state index in [4.69, 9.17) is 0 Å². The Morgan fingerprint density at radius 3 is 2.07 bits per heavy atom. The van der Waals surface area contributed by atoms with Crippen molar-refractivity contribution < 1.29 is 0 Å². The zero-order valence-corrected chi connectivity index (χ0v) is 18.0. The second-order valence-corrected chi connectivity index (χ2v) is 8.50. The summed E-state index contributed by atoms with van der Waals surface area (Å²) in [7, 11) is 0. The number of nitrogens with zero attached hydrogens (tertiary/aromatic N) is 2. The summed E-state index contributed by atoms with van der Waals surface area (Å²) in [6.45, 7) is 14.2. The number of benzene rings is 2. The van der Waals surface area contributed by atoms with Crippen molar-refractivity contribution in [1.82, 2.24) is 9.47 Å². The van der Waals surface area contributed by atoms with Crippen molar-refractivity contribution in [2.75, 3.05) is 0 Å². The lowest BCUT2D eigenvalue weighted by Crippen LogP contribution is -2.36. The molecule has 0 spiro atoms. The minimum absolute atomic E-state index is 0.517. The van der Waals surface area contributed by atoms with Gasteiger partial charge in [-0.1, -0.05) is 73.5 Å². The summed E-state index contributed by atoms with van der Waals surface area (Å²) >= 11 is 0. The Labute approximate surface area is 170 Å². The normalized spacial score (nSPS) is 12.7. The highest BCUT2D eigenvalue weighted by Gasteiger charge is 2.19. The zero-order valence-electron chi connectivity index (χ0n) is 18.0. The number of aryl methyl sites for hydroxylation is 2. The van der Waals surface area contributed by atoms with Crippen molar-refractivity contribution in [3.8, 4) is 0 Å². The van der Waals surface area contributed by atoms with Gasteiger partial charge in [-0.2, -0.15) is 0 Å². The van der Waals surface area contributed by atoms with Crippen LogP contribution < -0.4 is 0 Å². The SMILES string of the molecule is Cc1cccc(CN(Cc2cccn2Cc2cccc(C)c2)C(C)C(C)C)c1. The van der Waals surface area contributed by atoms with Crippen LogP contribution in [0.2, 0.25) is 0 Å². The van der Waals surface area contributed by atoms with E-state index in [2.05, 4.69) is 111 Å². The average Bonchev–Trinajstić information content (AvgIpc) is 3.07. The molecule has 1 aromatic heterocycles. The zero-order chi connectivity index (χ0) is 20.1. The monoisotopic (exact) mass is 374 g/mol. The average molecular weight is 375 g/mol. The molecule has 28 heavy (non-hydrogen) atoms. The quantitative estimate of drug-likeness (QED) is 0.456. The second-order valence-electron chi connectivity index (χ2n) is 8.50. The molecule has 0 N–H and O–H groups in total. The van der Waals surface area contributed by atoms with Gasteiger partial charge >= 0.3 is 0 Å². The number of aromatic nitrogens is 1. The van der Waals surface area contributed by atoms with Crippen molar-refractivity contribution in [3.05, 3.63) is 94.8 Å². The summed E-state index contributed by atoms with van der Waals surface area (Å²) in [6.07, 6.45) is 2.21. The van der Waals surface area contributed by atoms with Crippen LogP contribution in [0.1, 0.15) is 48.7 Å². The van der Waals surface area contributed by atoms with E-state index in [-0.39, 0.29) is 0 Å². The van der Waals surface area contributed by atoms with Gasteiger partial charge in [-0.3, -0.25) is 4.90 Å². The summed E-state index contributed by atoms with van der Waals surface area (Å²) in [5.74, 6) is 0.616. The highest BCUT2D eigenvalue weighted by molar-refractivity contribution is 5.24. The van der Waals surface area contributed by atoms with Gasteiger partial charge in [0.25, 0.3) is 0 Å². The van der Waals surface area contributed by atoms with Gasteiger partial charge < -0.3 is 4.57 Å².